The van der Waals surface area contributed by atoms with Crippen LogP contribution in [-0.2, 0) is 0 Å². The topological polar surface area (TPSA) is 96.4 Å². The highest BCUT2D eigenvalue weighted by Gasteiger charge is 2.28. The van der Waals surface area contributed by atoms with Gasteiger partial charge in [-0.05, 0) is 24.2 Å². The number of anilines is 1. The van der Waals surface area contributed by atoms with Crippen molar-refractivity contribution in [3.05, 3.63) is 0 Å². The first-order chi connectivity index (χ1) is 9.61. The molecule has 3 N–H and O–H groups in total. The van der Waals surface area contributed by atoms with Gasteiger partial charge in [-0.15, -0.1) is 5.10 Å². The molecule has 1 aliphatic carbocycles. The van der Waals surface area contributed by atoms with E-state index >= 15 is 0 Å². The second kappa shape index (κ2) is 6.85. The zero-order valence-corrected chi connectivity index (χ0v) is 12.3. The molecule has 0 saturated heterocycles. The van der Waals surface area contributed by atoms with Gasteiger partial charge in [0.15, 0.2) is 0 Å². The molecule has 1 fully saturated rings. The lowest BCUT2D eigenvalue weighted by Crippen LogP contribution is -2.44. The molecule has 0 bridgehead atoms. The van der Waals surface area contributed by atoms with E-state index in [9.17, 15) is 9.90 Å². The van der Waals surface area contributed by atoms with Gasteiger partial charge in [-0.3, -0.25) is 5.32 Å². The van der Waals surface area contributed by atoms with Gasteiger partial charge in [0, 0.05) is 6.54 Å². The molecule has 20 heavy (non-hydrogen) atoms. The van der Waals surface area contributed by atoms with E-state index < -0.39 is 5.60 Å². The van der Waals surface area contributed by atoms with E-state index in [-0.39, 0.29) is 12.6 Å². The molecule has 0 aliphatic heterocycles. The van der Waals surface area contributed by atoms with Crippen LogP contribution in [0.25, 0.3) is 0 Å². The minimum atomic E-state index is -0.785. The van der Waals surface area contributed by atoms with Gasteiger partial charge in [-0.2, -0.15) is 0 Å². The number of rotatable bonds is 4. The van der Waals surface area contributed by atoms with Crippen molar-refractivity contribution in [1.29, 1.82) is 0 Å². The zero-order chi connectivity index (χ0) is 14.4. The second-order valence-corrected chi connectivity index (χ2v) is 5.96. The first-order valence-corrected chi connectivity index (χ1v) is 7.58. The Bertz CT molecular complexity index is 444. The van der Waals surface area contributed by atoms with Crippen molar-refractivity contribution in [2.24, 2.45) is 0 Å². The molecular weight excluding hydrogens is 280 g/mol. The van der Waals surface area contributed by atoms with E-state index in [2.05, 4.69) is 20.8 Å². The highest BCUT2D eigenvalue weighted by molar-refractivity contribution is 7.17. The van der Waals surface area contributed by atoms with Gasteiger partial charge in [0.1, 0.15) is 0 Å². The molecule has 0 aromatic carbocycles. The fraction of sp³-hybridized carbons (Fsp3) is 0.750. The minimum absolute atomic E-state index is 0.259. The first kappa shape index (κ1) is 15.0. The average Bonchev–Trinajstić information content (AvgIpc) is 2.77. The molecule has 1 saturated carbocycles. The van der Waals surface area contributed by atoms with E-state index in [0.29, 0.717) is 10.3 Å². The number of amides is 2. The molecule has 0 spiro atoms. The predicted octanol–water partition coefficient (Wildman–Crippen LogP) is 1.75. The Morgan fingerprint density at radius 2 is 2.05 bits per heavy atom. The number of hydrogen-bond donors (Lipinski definition) is 3. The van der Waals surface area contributed by atoms with E-state index in [1.807, 2.05) is 0 Å². The number of aliphatic hydroxyl groups is 1. The van der Waals surface area contributed by atoms with Crippen molar-refractivity contribution in [1.82, 2.24) is 15.5 Å². The number of methoxy groups -OCH3 is 1. The Morgan fingerprint density at radius 3 is 2.65 bits per heavy atom. The van der Waals surface area contributed by atoms with Gasteiger partial charge in [-0.1, -0.05) is 30.8 Å². The first-order valence-electron chi connectivity index (χ1n) is 6.76. The van der Waals surface area contributed by atoms with Crippen LogP contribution in [0.3, 0.4) is 0 Å². The third-order valence-electron chi connectivity index (χ3n) is 3.41. The highest BCUT2D eigenvalue weighted by Crippen LogP contribution is 2.26. The highest BCUT2D eigenvalue weighted by atomic mass is 32.1. The molecule has 0 radical (unpaired) electrons. The molecule has 1 aromatic rings. The number of aromatic nitrogens is 2. The monoisotopic (exact) mass is 300 g/mol. The summed E-state index contributed by atoms with van der Waals surface area (Å²) < 4.78 is 4.89. The van der Waals surface area contributed by atoms with Gasteiger partial charge >= 0.3 is 6.03 Å². The number of urea groups is 1. The summed E-state index contributed by atoms with van der Waals surface area (Å²) in [5.74, 6) is 0. The largest absolute Gasteiger partial charge is 0.472 e. The lowest BCUT2D eigenvalue weighted by Gasteiger charge is -2.26. The smallest absolute Gasteiger partial charge is 0.321 e. The van der Waals surface area contributed by atoms with Crippen molar-refractivity contribution in [3.63, 3.8) is 0 Å². The summed E-state index contributed by atoms with van der Waals surface area (Å²) in [5, 5.41) is 23.9. The molecule has 112 valence electrons. The van der Waals surface area contributed by atoms with Crippen molar-refractivity contribution in [3.8, 4) is 5.19 Å². The molecule has 8 heteroatoms. The van der Waals surface area contributed by atoms with Crippen LogP contribution in [0.5, 0.6) is 5.19 Å². The maximum absolute atomic E-state index is 11.7. The zero-order valence-electron chi connectivity index (χ0n) is 11.5. The quantitative estimate of drug-likeness (QED) is 0.736. The number of hydrogen-bond acceptors (Lipinski definition) is 6. The standard InChI is InChI=1S/C12H20N4O3S/c1-19-11-16-15-10(20-11)14-9(17)13-8-12(18)6-4-2-3-5-7-12/h18H,2-8H2,1H3,(H2,13,14,15,17). The second-order valence-electron chi connectivity index (χ2n) is 5.02. The van der Waals surface area contributed by atoms with Crippen molar-refractivity contribution in [2.75, 3.05) is 19.0 Å². The summed E-state index contributed by atoms with van der Waals surface area (Å²) in [4.78, 5) is 11.7. The van der Waals surface area contributed by atoms with Gasteiger partial charge in [0.25, 0.3) is 5.19 Å². The molecule has 1 aromatic heterocycles. The SMILES string of the molecule is COc1nnc(NC(=O)NCC2(O)CCCCCC2)s1. The van der Waals surface area contributed by atoms with Gasteiger partial charge < -0.3 is 15.2 Å². The van der Waals surface area contributed by atoms with E-state index in [0.717, 1.165) is 49.9 Å². The Hall–Kier alpha value is -1.41. The predicted molar refractivity (Wildman–Crippen MR) is 76.1 cm³/mol. The Morgan fingerprint density at radius 1 is 1.35 bits per heavy atom. The molecule has 2 rings (SSSR count). The number of carbonyl (C=O) groups is 1. The van der Waals surface area contributed by atoms with Crippen LogP contribution in [0.2, 0.25) is 0 Å². The summed E-state index contributed by atoms with van der Waals surface area (Å²) >= 11 is 1.15. The molecule has 2 amide bonds. The van der Waals surface area contributed by atoms with Gasteiger partial charge in [-0.25, -0.2) is 4.79 Å². The molecular formula is C12H20N4O3S. The van der Waals surface area contributed by atoms with Crippen LogP contribution in [0.4, 0.5) is 9.93 Å². The van der Waals surface area contributed by atoms with Crippen LogP contribution in [0.1, 0.15) is 38.5 Å². The normalized spacial score (nSPS) is 18.1. The Labute approximate surface area is 121 Å². The summed E-state index contributed by atoms with van der Waals surface area (Å²) in [7, 11) is 1.49. The molecule has 1 aliphatic rings. The summed E-state index contributed by atoms with van der Waals surface area (Å²) in [6.45, 7) is 0.259. The molecule has 0 unspecified atom stereocenters. The Balaban J connectivity index is 1.79. The maximum atomic E-state index is 11.7. The third kappa shape index (κ3) is 4.31. The van der Waals surface area contributed by atoms with Crippen molar-refractivity contribution < 1.29 is 14.6 Å². The van der Waals surface area contributed by atoms with E-state index in [1.165, 1.54) is 7.11 Å². The fourth-order valence-corrected chi connectivity index (χ4v) is 2.85. The number of carbonyl (C=O) groups excluding carboxylic acids is 1. The average molecular weight is 300 g/mol. The number of nitrogens with zero attached hydrogens (tertiary/aromatic N) is 2. The minimum Gasteiger partial charge on any atom is -0.472 e. The molecule has 0 atom stereocenters. The van der Waals surface area contributed by atoms with Crippen LogP contribution in [0, 0.1) is 0 Å². The molecule has 7 nitrogen and oxygen atoms in total. The van der Waals surface area contributed by atoms with Crippen molar-refractivity contribution in [2.45, 2.75) is 44.1 Å². The molecule has 1 heterocycles. The third-order valence-corrected chi connectivity index (χ3v) is 4.21. The number of ether oxygens (including phenoxy) is 1. The van der Waals surface area contributed by atoms with Crippen LogP contribution >= 0.6 is 11.3 Å². The lowest BCUT2D eigenvalue weighted by atomic mass is 9.95. The Kier molecular flexibility index (Phi) is 5.13. The maximum Gasteiger partial charge on any atom is 0.321 e. The summed E-state index contributed by atoms with van der Waals surface area (Å²) in [6.07, 6.45) is 5.79. The number of nitrogens with one attached hydrogen (secondary N) is 2. The van der Waals surface area contributed by atoms with Crippen molar-refractivity contribution >= 4 is 22.5 Å². The van der Waals surface area contributed by atoms with E-state index in [4.69, 9.17) is 4.74 Å². The summed E-state index contributed by atoms with van der Waals surface area (Å²) in [5.41, 5.74) is -0.785. The van der Waals surface area contributed by atoms with E-state index in [1.54, 1.807) is 0 Å². The lowest BCUT2D eigenvalue weighted by molar-refractivity contribution is 0.0281. The van der Waals surface area contributed by atoms with Crippen LogP contribution in [0.15, 0.2) is 0 Å². The fourth-order valence-electron chi connectivity index (χ4n) is 2.29. The van der Waals surface area contributed by atoms with Gasteiger partial charge in [0.2, 0.25) is 5.13 Å². The van der Waals surface area contributed by atoms with Gasteiger partial charge in [0.05, 0.1) is 12.7 Å². The van der Waals surface area contributed by atoms with Crippen LogP contribution < -0.4 is 15.4 Å². The summed E-state index contributed by atoms with van der Waals surface area (Å²) in [6, 6.07) is -0.388. The van der Waals surface area contributed by atoms with Crippen LogP contribution in [-0.4, -0.2) is 40.6 Å².